The minimum atomic E-state index is -4.76. The molecule has 2 aromatic rings. The van der Waals surface area contributed by atoms with Gasteiger partial charge >= 0.3 is 12.4 Å². The van der Waals surface area contributed by atoms with Crippen molar-refractivity contribution in [2.75, 3.05) is 0 Å². The molecule has 1 aliphatic carbocycles. The summed E-state index contributed by atoms with van der Waals surface area (Å²) in [7, 11) is 0. The second-order valence-electron chi connectivity index (χ2n) is 6.68. The van der Waals surface area contributed by atoms with E-state index < -0.39 is 42.6 Å². The first-order valence-electron chi connectivity index (χ1n) is 8.44. The maximum absolute atomic E-state index is 13.2. The van der Waals surface area contributed by atoms with Gasteiger partial charge < -0.3 is 9.88 Å². The highest BCUT2D eigenvalue weighted by atomic mass is 19.4. The van der Waals surface area contributed by atoms with E-state index in [1.807, 2.05) is 0 Å². The van der Waals surface area contributed by atoms with Gasteiger partial charge in [0, 0.05) is 6.04 Å². The molecule has 1 aliphatic rings. The number of alkyl halides is 6. The smallest absolute Gasteiger partial charge is 0.352 e. The number of nitrogens with one attached hydrogen (secondary N) is 1. The number of carbonyl (C=O) groups excluding carboxylic acids is 1. The van der Waals surface area contributed by atoms with Crippen molar-refractivity contribution in [2.45, 2.75) is 50.6 Å². The molecule has 27 heavy (non-hydrogen) atoms. The molecule has 0 radical (unpaired) electrons. The number of imidazole rings is 1. The second-order valence-corrected chi connectivity index (χ2v) is 6.68. The molecule has 1 N–H and O–H groups in total. The number of carbonyl (C=O) groups is 1. The third-order valence-corrected chi connectivity index (χ3v) is 4.71. The number of fused-ring (bicyclic) bond motifs is 1. The topological polar surface area (TPSA) is 46.9 Å². The molecular weight excluding hydrogens is 376 g/mol. The molecule has 1 saturated carbocycles. The van der Waals surface area contributed by atoms with Gasteiger partial charge in [0.05, 0.1) is 17.0 Å². The molecule has 1 fully saturated rings. The van der Waals surface area contributed by atoms with Crippen LogP contribution in [-0.2, 0) is 17.5 Å². The quantitative estimate of drug-likeness (QED) is 0.791. The van der Waals surface area contributed by atoms with Gasteiger partial charge in [-0.3, -0.25) is 4.79 Å². The zero-order valence-electron chi connectivity index (χ0n) is 14.1. The molecular formula is C17H17F6N3O. The molecule has 3 rings (SSSR count). The summed E-state index contributed by atoms with van der Waals surface area (Å²) in [4.78, 5) is 15.8. The normalized spacial score (nSPS) is 21.4. The number of para-hydroxylation sites is 2. The standard InChI is InChI=1S/C17H17F6N3O/c18-16(19,20)10-4-3-5-11(8-10)24-14(27)9-26-13-7-2-1-6-12(13)25-15(26)17(21,22)23/h1-2,6-7,10-11H,3-5,8-9H2,(H,24,27). The molecule has 1 aromatic carbocycles. The van der Waals surface area contributed by atoms with Crippen molar-refractivity contribution in [2.24, 2.45) is 5.92 Å². The molecule has 148 valence electrons. The third-order valence-electron chi connectivity index (χ3n) is 4.71. The Morgan fingerprint density at radius 3 is 2.52 bits per heavy atom. The van der Waals surface area contributed by atoms with E-state index in [-0.39, 0.29) is 23.9 Å². The van der Waals surface area contributed by atoms with Gasteiger partial charge in [0.1, 0.15) is 6.54 Å². The highest BCUT2D eigenvalue weighted by molar-refractivity contribution is 5.81. The largest absolute Gasteiger partial charge is 0.449 e. The first-order valence-corrected chi connectivity index (χ1v) is 8.44. The number of hydrogen-bond acceptors (Lipinski definition) is 2. The maximum atomic E-state index is 13.2. The number of hydrogen-bond donors (Lipinski definition) is 1. The van der Waals surface area contributed by atoms with Crippen LogP contribution in [0.5, 0.6) is 0 Å². The fourth-order valence-corrected chi connectivity index (χ4v) is 3.49. The highest BCUT2D eigenvalue weighted by Crippen LogP contribution is 2.37. The van der Waals surface area contributed by atoms with Crippen LogP contribution in [-0.4, -0.2) is 27.7 Å². The van der Waals surface area contributed by atoms with Gasteiger partial charge in [-0.25, -0.2) is 4.98 Å². The minimum absolute atomic E-state index is 0.000248. The fraction of sp³-hybridized carbons (Fsp3) is 0.529. The van der Waals surface area contributed by atoms with Crippen LogP contribution in [0.25, 0.3) is 11.0 Å². The molecule has 2 atom stereocenters. The lowest BCUT2D eigenvalue weighted by molar-refractivity contribution is -0.184. The monoisotopic (exact) mass is 393 g/mol. The predicted octanol–water partition coefficient (Wildman–Crippen LogP) is 4.29. The Hall–Kier alpha value is -2.26. The zero-order valence-corrected chi connectivity index (χ0v) is 14.1. The Morgan fingerprint density at radius 2 is 1.85 bits per heavy atom. The van der Waals surface area contributed by atoms with Crippen LogP contribution in [0.15, 0.2) is 24.3 Å². The van der Waals surface area contributed by atoms with Crippen molar-refractivity contribution in [1.82, 2.24) is 14.9 Å². The van der Waals surface area contributed by atoms with Crippen molar-refractivity contribution in [3.8, 4) is 0 Å². The molecule has 10 heteroatoms. The number of amides is 1. The predicted molar refractivity (Wildman–Crippen MR) is 84.7 cm³/mol. The highest BCUT2D eigenvalue weighted by Gasteiger charge is 2.42. The average Bonchev–Trinajstić information content (AvgIpc) is 2.93. The van der Waals surface area contributed by atoms with Crippen molar-refractivity contribution in [1.29, 1.82) is 0 Å². The number of nitrogens with zero attached hydrogens (tertiary/aromatic N) is 2. The number of rotatable bonds is 3. The van der Waals surface area contributed by atoms with Gasteiger partial charge in [-0.15, -0.1) is 0 Å². The summed E-state index contributed by atoms with van der Waals surface area (Å²) in [5.74, 6) is -3.48. The van der Waals surface area contributed by atoms with Gasteiger partial charge in [0.25, 0.3) is 0 Å². The summed E-state index contributed by atoms with van der Waals surface area (Å²) in [5, 5.41) is 2.45. The number of benzene rings is 1. The molecule has 0 spiro atoms. The summed E-state index contributed by atoms with van der Waals surface area (Å²) >= 11 is 0. The summed E-state index contributed by atoms with van der Waals surface area (Å²) in [6.45, 7) is -0.664. The van der Waals surface area contributed by atoms with E-state index in [0.29, 0.717) is 12.8 Å². The summed E-state index contributed by atoms with van der Waals surface area (Å²) in [6, 6.07) is 5.15. The molecule has 1 amide bonds. The average molecular weight is 393 g/mol. The van der Waals surface area contributed by atoms with Gasteiger partial charge in [0.2, 0.25) is 11.7 Å². The Labute approximate surface area is 150 Å². The van der Waals surface area contributed by atoms with E-state index in [0.717, 1.165) is 4.57 Å². The van der Waals surface area contributed by atoms with Crippen LogP contribution in [0.1, 0.15) is 31.5 Å². The fourth-order valence-electron chi connectivity index (χ4n) is 3.49. The molecule has 2 unspecified atom stereocenters. The van der Waals surface area contributed by atoms with Crippen molar-refractivity contribution >= 4 is 16.9 Å². The van der Waals surface area contributed by atoms with E-state index >= 15 is 0 Å². The van der Waals surface area contributed by atoms with E-state index in [4.69, 9.17) is 0 Å². The Balaban J connectivity index is 1.76. The van der Waals surface area contributed by atoms with Crippen LogP contribution in [0, 0.1) is 5.92 Å². The van der Waals surface area contributed by atoms with Crippen molar-refractivity contribution in [3.05, 3.63) is 30.1 Å². The summed E-state index contributed by atoms with van der Waals surface area (Å²) in [5.41, 5.74) is 0.226. The van der Waals surface area contributed by atoms with E-state index in [1.54, 1.807) is 0 Å². The zero-order chi connectivity index (χ0) is 19.8. The van der Waals surface area contributed by atoms with Crippen LogP contribution in [0.2, 0.25) is 0 Å². The van der Waals surface area contributed by atoms with Crippen LogP contribution >= 0.6 is 0 Å². The summed E-state index contributed by atoms with van der Waals surface area (Å²) < 4.78 is 79.1. The van der Waals surface area contributed by atoms with Gasteiger partial charge in [-0.05, 0) is 31.4 Å². The van der Waals surface area contributed by atoms with Crippen LogP contribution < -0.4 is 5.32 Å². The second kappa shape index (κ2) is 7.05. The lowest BCUT2D eigenvalue weighted by Gasteiger charge is -2.31. The third kappa shape index (κ3) is 4.36. The van der Waals surface area contributed by atoms with Crippen molar-refractivity contribution < 1.29 is 31.1 Å². The Kier molecular flexibility index (Phi) is 5.09. The maximum Gasteiger partial charge on any atom is 0.449 e. The van der Waals surface area contributed by atoms with Gasteiger partial charge in [0.15, 0.2) is 0 Å². The summed E-state index contributed by atoms with van der Waals surface area (Å²) in [6.07, 6.45) is -8.68. The van der Waals surface area contributed by atoms with E-state index in [2.05, 4.69) is 10.3 Å². The molecule has 4 nitrogen and oxygen atoms in total. The SMILES string of the molecule is O=C(Cn1c(C(F)(F)F)nc2ccccc21)NC1CCCC(C(F)(F)F)C1. The minimum Gasteiger partial charge on any atom is -0.352 e. The first-order chi connectivity index (χ1) is 12.6. The molecule has 1 heterocycles. The van der Waals surface area contributed by atoms with Gasteiger partial charge in [-0.2, -0.15) is 26.3 Å². The number of halogens is 6. The number of aromatic nitrogens is 2. The van der Waals surface area contributed by atoms with Crippen molar-refractivity contribution in [3.63, 3.8) is 0 Å². The molecule has 0 bridgehead atoms. The first kappa shape index (κ1) is 19.5. The molecule has 1 aromatic heterocycles. The molecule has 0 saturated heterocycles. The van der Waals surface area contributed by atoms with E-state index in [1.165, 1.54) is 24.3 Å². The van der Waals surface area contributed by atoms with Gasteiger partial charge in [-0.1, -0.05) is 18.6 Å². The lowest BCUT2D eigenvalue weighted by Crippen LogP contribution is -2.43. The van der Waals surface area contributed by atoms with Crippen LogP contribution in [0.3, 0.4) is 0 Å². The lowest BCUT2D eigenvalue weighted by atomic mass is 9.85. The van der Waals surface area contributed by atoms with Crippen LogP contribution in [0.4, 0.5) is 26.3 Å². The Bertz CT molecular complexity index is 826. The Morgan fingerprint density at radius 1 is 1.15 bits per heavy atom. The van der Waals surface area contributed by atoms with E-state index in [9.17, 15) is 31.1 Å². The molecule has 0 aliphatic heterocycles.